The summed E-state index contributed by atoms with van der Waals surface area (Å²) < 4.78 is 5.24. The molecule has 0 aliphatic carbocycles. The maximum atomic E-state index is 12.3. The van der Waals surface area contributed by atoms with Gasteiger partial charge in [-0.25, -0.2) is 4.99 Å². The van der Waals surface area contributed by atoms with Crippen LogP contribution in [0.2, 0.25) is 15.1 Å². The number of aliphatic imine (C=N–C) groups is 1. The highest BCUT2D eigenvalue weighted by Crippen LogP contribution is 2.33. The molecule has 1 fully saturated rings. The number of hydrogen-bond donors (Lipinski definition) is 2. The lowest BCUT2D eigenvalue weighted by atomic mass is 10.2. The van der Waals surface area contributed by atoms with Crippen LogP contribution in [0.5, 0.6) is 5.75 Å². The van der Waals surface area contributed by atoms with E-state index in [2.05, 4.69) is 15.6 Å². The van der Waals surface area contributed by atoms with Crippen molar-refractivity contribution >= 4 is 74.9 Å². The fourth-order valence-corrected chi connectivity index (χ4v) is 3.99. The number of carbonyl (C=O) groups is 2. The number of amidine groups is 1. The van der Waals surface area contributed by atoms with E-state index in [9.17, 15) is 9.59 Å². The predicted octanol–water partition coefficient (Wildman–Crippen LogP) is 4.90. The number of para-hydroxylation sites is 2. The third-order valence-electron chi connectivity index (χ3n) is 3.74. The average Bonchev–Trinajstić information content (AvgIpc) is 2.99. The monoisotopic (exact) mass is 457 g/mol. The van der Waals surface area contributed by atoms with Gasteiger partial charge in [0.05, 0.1) is 27.9 Å². The molecule has 10 heteroatoms. The van der Waals surface area contributed by atoms with E-state index in [-0.39, 0.29) is 33.3 Å². The van der Waals surface area contributed by atoms with Crippen molar-refractivity contribution in [3.8, 4) is 5.75 Å². The molecule has 0 radical (unpaired) electrons. The molecule has 146 valence electrons. The lowest BCUT2D eigenvalue weighted by molar-refractivity contribution is -0.122. The van der Waals surface area contributed by atoms with Crippen LogP contribution in [-0.2, 0) is 9.59 Å². The van der Waals surface area contributed by atoms with Crippen LogP contribution >= 0.6 is 46.6 Å². The Hall–Kier alpha value is -1.93. The molecule has 6 nitrogen and oxygen atoms in total. The number of halogens is 3. The molecule has 1 aliphatic heterocycles. The molecule has 0 spiro atoms. The van der Waals surface area contributed by atoms with Crippen molar-refractivity contribution in [3.63, 3.8) is 0 Å². The molecule has 2 amide bonds. The third kappa shape index (κ3) is 4.91. The van der Waals surface area contributed by atoms with Crippen LogP contribution in [0.4, 0.5) is 11.4 Å². The van der Waals surface area contributed by atoms with Gasteiger partial charge in [-0.2, -0.15) is 0 Å². The summed E-state index contributed by atoms with van der Waals surface area (Å²) in [7, 11) is 1.54. The molecule has 1 atom stereocenters. The van der Waals surface area contributed by atoms with E-state index in [0.717, 1.165) is 0 Å². The molecule has 2 aromatic carbocycles. The third-order valence-corrected chi connectivity index (χ3v) is 5.86. The van der Waals surface area contributed by atoms with Crippen molar-refractivity contribution in [1.29, 1.82) is 0 Å². The Labute approximate surface area is 180 Å². The van der Waals surface area contributed by atoms with Crippen LogP contribution in [0.1, 0.15) is 6.42 Å². The number of amides is 2. The Morgan fingerprint density at radius 3 is 2.68 bits per heavy atom. The van der Waals surface area contributed by atoms with Gasteiger partial charge >= 0.3 is 0 Å². The Kier molecular flexibility index (Phi) is 6.72. The number of methoxy groups -OCH3 is 1. The van der Waals surface area contributed by atoms with Crippen LogP contribution < -0.4 is 15.4 Å². The van der Waals surface area contributed by atoms with Crippen LogP contribution in [0.3, 0.4) is 0 Å². The van der Waals surface area contributed by atoms with Gasteiger partial charge < -0.3 is 15.4 Å². The number of benzene rings is 2. The molecule has 2 aromatic rings. The minimum absolute atomic E-state index is 0.0575. The maximum absolute atomic E-state index is 12.3. The number of rotatable bonds is 5. The highest BCUT2D eigenvalue weighted by molar-refractivity contribution is 8.15. The van der Waals surface area contributed by atoms with Crippen molar-refractivity contribution in [1.82, 2.24) is 5.32 Å². The summed E-state index contributed by atoms with van der Waals surface area (Å²) in [6.07, 6.45) is -0.0575. The number of thioether (sulfide) groups is 1. The zero-order valence-corrected chi connectivity index (χ0v) is 17.5. The van der Waals surface area contributed by atoms with Gasteiger partial charge in [0.15, 0.2) is 5.17 Å². The first kappa shape index (κ1) is 20.8. The summed E-state index contributed by atoms with van der Waals surface area (Å²) in [4.78, 5) is 28.9. The quantitative estimate of drug-likeness (QED) is 0.624. The highest BCUT2D eigenvalue weighted by atomic mass is 35.5. The number of anilines is 1. The molecule has 0 saturated carbocycles. The van der Waals surface area contributed by atoms with E-state index in [4.69, 9.17) is 39.5 Å². The molecule has 1 aliphatic rings. The minimum Gasteiger partial charge on any atom is -0.494 e. The van der Waals surface area contributed by atoms with Crippen molar-refractivity contribution < 1.29 is 14.3 Å². The summed E-state index contributed by atoms with van der Waals surface area (Å²) in [5.74, 6) is -0.0965. The van der Waals surface area contributed by atoms with E-state index < -0.39 is 5.25 Å². The molecule has 1 saturated heterocycles. The second kappa shape index (κ2) is 9.05. The lowest BCUT2D eigenvalue weighted by Gasteiger charge is -2.10. The Morgan fingerprint density at radius 2 is 1.93 bits per heavy atom. The summed E-state index contributed by atoms with van der Waals surface area (Å²) in [6.45, 7) is 0. The molecule has 0 bridgehead atoms. The van der Waals surface area contributed by atoms with Crippen LogP contribution in [-0.4, -0.2) is 29.3 Å². The summed E-state index contributed by atoms with van der Waals surface area (Å²) in [5.41, 5.74) is 0.910. The van der Waals surface area contributed by atoms with Crippen molar-refractivity contribution in [2.24, 2.45) is 4.99 Å². The Balaban J connectivity index is 1.67. The molecule has 28 heavy (non-hydrogen) atoms. The number of carbonyl (C=O) groups excluding carboxylic acids is 2. The molecule has 2 N–H and O–H groups in total. The number of nitrogens with zero attached hydrogens (tertiary/aromatic N) is 1. The zero-order chi connectivity index (χ0) is 20.3. The predicted molar refractivity (Wildman–Crippen MR) is 114 cm³/mol. The van der Waals surface area contributed by atoms with Crippen LogP contribution in [0.15, 0.2) is 41.4 Å². The molecule has 1 unspecified atom stereocenters. The van der Waals surface area contributed by atoms with Gasteiger partial charge in [-0.3, -0.25) is 9.59 Å². The second-order valence-corrected chi connectivity index (χ2v) is 8.10. The van der Waals surface area contributed by atoms with Gasteiger partial charge in [0.1, 0.15) is 16.7 Å². The van der Waals surface area contributed by atoms with Gasteiger partial charge in [-0.1, -0.05) is 58.7 Å². The topological polar surface area (TPSA) is 79.8 Å². The average molecular weight is 459 g/mol. The van der Waals surface area contributed by atoms with E-state index in [1.807, 2.05) is 12.1 Å². The van der Waals surface area contributed by atoms with E-state index >= 15 is 0 Å². The summed E-state index contributed by atoms with van der Waals surface area (Å²) >= 11 is 19.1. The first-order chi connectivity index (χ1) is 13.4. The maximum Gasteiger partial charge on any atom is 0.240 e. The van der Waals surface area contributed by atoms with Gasteiger partial charge in [-0.05, 0) is 24.3 Å². The van der Waals surface area contributed by atoms with Gasteiger partial charge in [0.25, 0.3) is 0 Å². The minimum atomic E-state index is -0.616. The molecule has 0 aromatic heterocycles. The van der Waals surface area contributed by atoms with E-state index in [1.165, 1.54) is 23.9 Å². The zero-order valence-electron chi connectivity index (χ0n) is 14.5. The number of hydrogen-bond acceptors (Lipinski definition) is 5. The van der Waals surface area contributed by atoms with Gasteiger partial charge in [-0.15, -0.1) is 0 Å². The van der Waals surface area contributed by atoms with Gasteiger partial charge in [0.2, 0.25) is 11.8 Å². The molecular formula is C18H14Cl3N3O3S. The summed E-state index contributed by atoms with van der Waals surface area (Å²) in [6, 6.07) is 10.1. The van der Waals surface area contributed by atoms with Crippen LogP contribution in [0.25, 0.3) is 0 Å². The summed E-state index contributed by atoms with van der Waals surface area (Å²) in [5, 5.41) is 5.91. The van der Waals surface area contributed by atoms with E-state index in [0.29, 0.717) is 22.3 Å². The first-order valence-corrected chi connectivity index (χ1v) is 10.0. The Morgan fingerprint density at radius 1 is 1.21 bits per heavy atom. The normalized spacial score (nSPS) is 17.5. The smallest absolute Gasteiger partial charge is 0.240 e. The fourth-order valence-electron chi connectivity index (χ4n) is 2.41. The standard InChI is InChI=1S/C18H14Cl3N3O3S/c1-27-14-5-3-2-4-12(14)23-18-24-17(26)15(28-18)8-16(25)22-13-7-10(20)9(19)6-11(13)21/h2-7,15H,8H2,1H3,(H,22,25)(H,23,24,26). The SMILES string of the molecule is COc1ccccc1N=C1NC(=O)C(CC(=O)Nc2cc(Cl)c(Cl)cc2Cl)S1. The second-order valence-electron chi connectivity index (χ2n) is 5.68. The number of ether oxygens (including phenoxy) is 1. The number of nitrogens with one attached hydrogen (secondary N) is 2. The fraction of sp³-hybridized carbons (Fsp3) is 0.167. The molecule has 3 rings (SSSR count). The van der Waals surface area contributed by atoms with Crippen molar-refractivity contribution in [3.05, 3.63) is 51.5 Å². The first-order valence-electron chi connectivity index (χ1n) is 8.01. The lowest BCUT2D eigenvalue weighted by Crippen LogP contribution is -2.28. The van der Waals surface area contributed by atoms with Crippen molar-refractivity contribution in [2.45, 2.75) is 11.7 Å². The van der Waals surface area contributed by atoms with E-state index in [1.54, 1.807) is 19.2 Å². The highest BCUT2D eigenvalue weighted by Gasteiger charge is 2.32. The largest absolute Gasteiger partial charge is 0.494 e. The molecular weight excluding hydrogens is 445 g/mol. The van der Waals surface area contributed by atoms with Crippen molar-refractivity contribution in [2.75, 3.05) is 12.4 Å². The van der Waals surface area contributed by atoms with Crippen LogP contribution in [0, 0.1) is 0 Å². The molecule has 1 heterocycles. The van der Waals surface area contributed by atoms with Gasteiger partial charge in [0, 0.05) is 6.42 Å². The Bertz CT molecular complexity index is 968.